The topological polar surface area (TPSA) is 40.5 Å². The fourth-order valence-corrected chi connectivity index (χ4v) is 3.67. The Labute approximate surface area is 133 Å². The summed E-state index contributed by atoms with van der Waals surface area (Å²) in [5, 5.41) is 20.4. The molecule has 0 aromatic rings. The molecule has 2 atom stereocenters. The van der Waals surface area contributed by atoms with Gasteiger partial charge in [-0.05, 0) is 43.9 Å². The number of aliphatic hydroxyl groups excluding tert-OH is 2. The summed E-state index contributed by atoms with van der Waals surface area (Å²) in [7, 11) is 0. The van der Waals surface area contributed by atoms with Gasteiger partial charge in [0.05, 0.1) is 12.2 Å². The van der Waals surface area contributed by atoms with Gasteiger partial charge < -0.3 is 17.6 Å². The maximum absolute atomic E-state index is 10.2. The molecule has 2 N–H and O–H groups in total. The van der Waals surface area contributed by atoms with Crippen molar-refractivity contribution >= 4 is 0 Å². The summed E-state index contributed by atoms with van der Waals surface area (Å²) in [4.78, 5) is 0. The number of hydrogen-bond acceptors (Lipinski definition) is 2. The van der Waals surface area contributed by atoms with E-state index < -0.39 is 0 Å². The second kappa shape index (κ2) is 10.3. The van der Waals surface area contributed by atoms with Crippen molar-refractivity contribution in [3.63, 3.8) is 0 Å². The molecule has 0 bridgehead atoms. The summed E-state index contributed by atoms with van der Waals surface area (Å²) in [5.41, 5.74) is 0. The van der Waals surface area contributed by atoms with Gasteiger partial charge in [0.2, 0.25) is 0 Å². The van der Waals surface area contributed by atoms with E-state index in [1.165, 1.54) is 64.2 Å². The van der Waals surface area contributed by atoms with Crippen molar-refractivity contribution < 1.29 is 30.6 Å². The van der Waals surface area contributed by atoms with E-state index in [1.54, 1.807) is 0 Å². The van der Waals surface area contributed by atoms with Crippen molar-refractivity contribution in [2.45, 2.75) is 82.8 Å². The maximum Gasteiger partial charge on any atom is 0.0593 e. The first-order valence-electron chi connectivity index (χ1n) is 7.63. The van der Waals surface area contributed by atoms with Crippen molar-refractivity contribution in [3.8, 4) is 0 Å². The zero-order chi connectivity index (χ0) is 12.1. The minimum atomic E-state index is -0.257. The van der Waals surface area contributed by atoms with Gasteiger partial charge in [-0.2, -0.15) is 0 Å². The van der Waals surface area contributed by atoms with E-state index in [-0.39, 0.29) is 40.1 Å². The molecule has 3 heteroatoms. The van der Waals surface area contributed by atoms with E-state index in [4.69, 9.17) is 0 Å². The minimum Gasteiger partial charge on any atom is -0.393 e. The molecule has 0 saturated heterocycles. The normalized spacial score (nSPS) is 24.9. The summed E-state index contributed by atoms with van der Waals surface area (Å²) in [6, 6.07) is 0. The molecule has 0 amide bonds. The molecule has 2 unspecified atom stereocenters. The molecule has 2 aliphatic carbocycles. The summed E-state index contributed by atoms with van der Waals surface area (Å²) in [6.45, 7) is 0. The summed E-state index contributed by atoms with van der Waals surface area (Å²) in [6.07, 6.45) is 12.5. The van der Waals surface area contributed by atoms with E-state index in [2.05, 4.69) is 0 Å². The van der Waals surface area contributed by atoms with Crippen LogP contribution in [-0.4, -0.2) is 22.4 Å². The molecule has 0 heterocycles. The van der Waals surface area contributed by atoms with Crippen LogP contribution in [0, 0.1) is 19.3 Å². The molecular formula is C16H31O2Pd-. The Hall–Kier alpha value is 0.582. The Balaban J connectivity index is 0.00000162. The average molecular weight is 362 g/mol. The van der Waals surface area contributed by atoms with Gasteiger partial charge in [0.25, 0.3) is 0 Å². The van der Waals surface area contributed by atoms with Gasteiger partial charge in [-0.25, -0.2) is 0 Å². The molecule has 0 radical (unpaired) electrons. The average Bonchev–Trinajstić information content (AvgIpc) is 2.40. The smallest absolute Gasteiger partial charge is 0.0593 e. The molecule has 2 rings (SSSR count). The maximum atomic E-state index is 10.2. The molecule has 0 spiro atoms. The van der Waals surface area contributed by atoms with Crippen molar-refractivity contribution in [2.75, 3.05) is 0 Å². The Morgan fingerprint density at radius 1 is 0.684 bits per heavy atom. The van der Waals surface area contributed by atoms with Crippen LogP contribution in [0.3, 0.4) is 0 Å². The standard InChI is InChI=1S/C15H28O2.CH3.Pd/c16-14(12-7-3-1-4-8-12)11-15(17)13-9-5-2-6-10-13;;/h12-17H,1-11H2;1H3;/q;-1;. The molecule has 118 valence electrons. The molecule has 19 heavy (non-hydrogen) atoms. The molecule has 2 saturated carbocycles. The monoisotopic (exact) mass is 361 g/mol. The quantitative estimate of drug-likeness (QED) is 0.592. The van der Waals surface area contributed by atoms with Crippen molar-refractivity contribution in [1.29, 1.82) is 0 Å². The van der Waals surface area contributed by atoms with E-state index in [1.807, 2.05) is 0 Å². The van der Waals surface area contributed by atoms with Crippen LogP contribution in [0.25, 0.3) is 0 Å². The molecule has 0 aliphatic heterocycles. The third-order valence-corrected chi connectivity index (χ3v) is 4.87. The van der Waals surface area contributed by atoms with Crippen molar-refractivity contribution in [2.24, 2.45) is 11.8 Å². The van der Waals surface area contributed by atoms with Crippen LogP contribution >= 0.6 is 0 Å². The molecule has 2 aliphatic rings. The number of rotatable bonds is 4. The van der Waals surface area contributed by atoms with Gasteiger partial charge in [0, 0.05) is 20.4 Å². The Morgan fingerprint density at radius 3 is 1.32 bits per heavy atom. The van der Waals surface area contributed by atoms with Gasteiger partial charge >= 0.3 is 0 Å². The third-order valence-electron chi connectivity index (χ3n) is 4.87. The Bertz CT molecular complexity index is 189. The van der Waals surface area contributed by atoms with Crippen LogP contribution in [0.2, 0.25) is 0 Å². The second-order valence-corrected chi connectivity index (χ2v) is 6.17. The molecule has 2 fully saturated rings. The first-order chi connectivity index (χ1) is 8.27. The van der Waals surface area contributed by atoms with Crippen LogP contribution in [0.4, 0.5) is 0 Å². The van der Waals surface area contributed by atoms with Crippen LogP contribution in [0.15, 0.2) is 0 Å². The Kier molecular flexibility index (Phi) is 10.6. The molecular weight excluding hydrogens is 331 g/mol. The van der Waals surface area contributed by atoms with Crippen LogP contribution in [-0.2, 0) is 20.4 Å². The fraction of sp³-hybridized carbons (Fsp3) is 0.938. The van der Waals surface area contributed by atoms with Crippen LogP contribution in [0.5, 0.6) is 0 Å². The summed E-state index contributed by atoms with van der Waals surface area (Å²) < 4.78 is 0. The molecule has 2 nitrogen and oxygen atoms in total. The Morgan fingerprint density at radius 2 is 1.00 bits per heavy atom. The molecule has 0 aromatic heterocycles. The van der Waals surface area contributed by atoms with Gasteiger partial charge in [-0.1, -0.05) is 38.5 Å². The van der Waals surface area contributed by atoms with E-state index in [9.17, 15) is 10.2 Å². The predicted octanol–water partition coefficient (Wildman–Crippen LogP) is 3.71. The van der Waals surface area contributed by atoms with E-state index in [0.717, 1.165) is 0 Å². The first-order valence-corrected chi connectivity index (χ1v) is 7.63. The largest absolute Gasteiger partial charge is 0.393 e. The SMILES string of the molecule is OC(CC(O)C1CCCCC1)C1CCCCC1.[CH3-].[Pd]. The van der Waals surface area contributed by atoms with Gasteiger partial charge in [-0.15, -0.1) is 0 Å². The van der Waals surface area contributed by atoms with E-state index >= 15 is 0 Å². The number of hydrogen-bond donors (Lipinski definition) is 2. The van der Waals surface area contributed by atoms with Crippen LogP contribution < -0.4 is 0 Å². The van der Waals surface area contributed by atoms with E-state index in [0.29, 0.717) is 18.3 Å². The number of aliphatic hydroxyl groups is 2. The van der Waals surface area contributed by atoms with Gasteiger partial charge in [0.15, 0.2) is 0 Å². The van der Waals surface area contributed by atoms with Gasteiger partial charge in [0.1, 0.15) is 0 Å². The first kappa shape index (κ1) is 19.6. The van der Waals surface area contributed by atoms with Crippen LogP contribution in [0.1, 0.15) is 70.6 Å². The van der Waals surface area contributed by atoms with Crippen molar-refractivity contribution in [3.05, 3.63) is 7.43 Å². The zero-order valence-electron chi connectivity index (χ0n) is 12.3. The second-order valence-electron chi connectivity index (χ2n) is 6.17. The zero-order valence-corrected chi connectivity index (χ0v) is 13.9. The van der Waals surface area contributed by atoms with Crippen molar-refractivity contribution in [1.82, 2.24) is 0 Å². The summed E-state index contributed by atoms with van der Waals surface area (Å²) >= 11 is 0. The fourth-order valence-electron chi connectivity index (χ4n) is 3.67. The predicted molar refractivity (Wildman–Crippen MR) is 76.2 cm³/mol. The third kappa shape index (κ3) is 6.25. The minimum absolute atomic E-state index is 0. The summed E-state index contributed by atoms with van der Waals surface area (Å²) in [5.74, 6) is 0.920. The molecule has 0 aromatic carbocycles. The van der Waals surface area contributed by atoms with Gasteiger partial charge in [-0.3, -0.25) is 0 Å².